The van der Waals surface area contributed by atoms with Crippen molar-refractivity contribution in [1.82, 2.24) is 0 Å². The number of nitrogens with two attached hydrogens (primary N) is 1. The van der Waals surface area contributed by atoms with Crippen LogP contribution >= 0.6 is 0 Å². The first-order valence-corrected chi connectivity index (χ1v) is 6.63. The van der Waals surface area contributed by atoms with Crippen molar-refractivity contribution in [1.29, 1.82) is 0 Å². The van der Waals surface area contributed by atoms with Crippen LogP contribution in [0.25, 0.3) is 0 Å². The summed E-state index contributed by atoms with van der Waals surface area (Å²) >= 11 is 0. The maximum atomic E-state index is 11.5. The molecule has 0 aliphatic carbocycles. The lowest BCUT2D eigenvalue weighted by atomic mass is 9.97. The number of benzene rings is 1. The van der Waals surface area contributed by atoms with Gasteiger partial charge in [0.1, 0.15) is 11.3 Å². The van der Waals surface area contributed by atoms with Crippen LogP contribution in [0.1, 0.15) is 19.8 Å². The topological polar surface area (TPSA) is 64.8 Å². The van der Waals surface area contributed by atoms with Crippen molar-refractivity contribution in [2.24, 2.45) is 5.73 Å². The lowest BCUT2D eigenvalue weighted by Gasteiger charge is -2.24. The third kappa shape index (κ3) is 4.42. The van der Waals surface area contributed by atoms with Gasteiger partial charge in [0, 0.05) is 19.3 Å². The summed E-state index contributed by atoms with van der Waals surface area (Å²) < 4.78 is 9.82. The van der Waals surface area contributed by atoms with Gasteiger partial charge in [-0.15, -0.1) is 0 Å². The Kier molecular flexibility index (Phi) is 5.82. The summed E-state index contributed by atoms with van der Waals surface area (Å²) in [5.74, 6) is 0.465. The highest BCUT2D eigenvalue weighted by atomic mass is 16.5. The molecule has 0 saturated heterocycles. The fourth-order valence-corrected chi connectivity index (χ4v) is 1.98. The molecule has 5 nitrogen and oxygen atoms in total. The van der Waals surface area contributed by atoms with Crippen molar-refractivity contribution in [3.8, 4) is 5.75 Å². The number of esters is 1. The van der Waals surface area contributed by atoms with E-state index in [1.54, 1.807) is 14.0 Å². The molecule has 0 radical (unpaired) electrons. The molecular weight excluding hydrogens is 256 g/mol. The van der Waals surface area contributed by atoms with Gasteiger partial charge in [-0.3, -0.25) is 4.79 Å². The summed E-state index contributed by atoms with van der Waals surface area (Å²) in [5, 5.41) is 0. The molecule has 1 aromatic rings. The van der Waals surface area contributed by atoms with Gasteiger partial charge in [0.15, 0.2) is 0 Å². The van der Waals surface area contributed by atoms with Crippen LogP contribution in [-0.2, 0) is 9.53 Å². The zero-order chi connectivity index (χ0) is 15.2. The molecule has 0 aromatic heterocycles. The second kappa shape index (κ2) is 7.14. The van der Waals surface area contributed by atoms with E-state index in [9.17, 15) is 4.79 Å². The summed E-state index contributed by atoms with van der Waals surface area (Å²) in [7, 11) is 5.01. The fraction of sp³-hybridized carbons (Fsp3) is 0.533. The van der Waals surface area contributed by atoms with Gasteiger partial charge < -0.3 is 20.1 Å². The van der Waals surface area contributed by atoms with Crippen molar-refractivity contribution in [3.05, 3.63) is 24.3 Å². The Hall–Kier alpha value is -1.75. The summed E-state index contributed by atoms with van der Waals surface area (Å²) in [6, 6.07) is 7.85. The zero-order valence-corrected chi connectivity index (χ0v) is 12.7. The minimum absolute atomic E-state index is 0.371. The Morgan fingerprint density at radius 3 is 2.40 bits per heavy atom. The molecule has 0 spiro atoms. The van der Waals surface area contributed by atoms with Crippen molar-refractivity contribution in [3.63, 3.8) is 0 Å². The average Bonchev–Trinajstić information content (AvgIpc) is 2.46. The van der Waals surface area contributed by atoms with E-state index in [1.165, 1.54) is 7.11 Å². The van der Waals surface area contributed by atoms with Crippen molar-refractivity contribution < 1.29 is 14.3 Å². The Balaban J connectivity index is 2.46. The molecule has 0 heterocycles. The number of hydrogen-bond acceptors (Lipinski definition) is 5. The van der Waals surface area contributed by atoms with Crippen LogP contribution in [0, 0.1) is 0 Å². The van der Waals surface area contributed by atoms with E-state index in [0.29, 0.717) is 6.42 Å². The van der Waals surface area contributed by atoms with Crippen LogP contribution in [0.2, 0.25) is 0 Å². The van der Waals surface area contributed by atoms with Gasteiger partial charge in [-0.05, 0) is 44.0 Å². The first-order chi connectivity index (χ1) is 9.40. The van der Waals surface area contributed by atoms with Crippen LogP contribution in [-0.4, -0.2) is 39.3 Å². The lowest BCUT2D eigenvalue weighted by Crippen LogP contribution is -2.46. The molecular formula is C15H24N2O3. The number of methoxy groups -OCH3 is 2. The quantitative estimate of drug-likeness (QED) is 0.772. The molecule has 1 aromatic carbocycles. The molecule has 20 heavy (non-hydrogen) atoms. The number of hydrogen-bond donors (Lipinski definition) is 1. The molecule has 0 fully saturated rings. The van der Waals surface area contributed by atoms with Crippen molar-refractivity contribution in [2.45, 2.75) is 25.3 Å². The van der Waals surface area contributed by atoms with Gasteiger partial charge in [0.2, 0.25) is 0 Å². The number of nitrogens with zero attached hydrogens (tertiary/aromatic N) is 1. The van der Waals surface area contributed by atoms with E-state index in [4.69, 9.17) is 15.2 Å². The van der Waals surface area contributed by atoms with Crippen LogP contribution in [0.3, 0.4) is 0 Å². The number of carbonyl (C=O) groups excluding carboxylic acids is 1. The van der Waals surface area contributed by atoms with Gasteiger partial charge in [-0.2, -0.15) is 0 Å². The first kappa shape index (κ1) is 16.3. The Labute approximate surface area is 120 Å². The van der Waals surface area contributed by atoms with Gasteiger partial charge in [-0.1, -0.05) is 0 Å². The molecule has 1 rings (SSSR count). The second-order valence-corrected chi connectivity index (χ2v) is 5.13. The van der Waals surface area contributed by atoms with E-state index >= 15 is 0 Å². The molecule has 5 heteroatoms. The normalized spacial score (nSPS) is 13.4. The third-order valence-electron chi connectivity index (χ3n) is 3.35. The Morgan fingerprint density at radius 2 is 1.90 bits per heavy atom. The molecule has 1 unspecified atom stereocenters. The Bertz CT molecular complexity index is 429. The van der Waals surface area contributed by atoms with Crippen molar-refractivity contribution >= 4 is 11.7 Å². The molecule has 0 saturated carbocycles. The molecule has 0 aliphatic rings. The molecule has 2 N–H and O–H groups in total. The maximum absolute atomic E-state index is 11.5. The van der Waals surface area contributed by atoms with E-state index in [-0.39, 0.29) is 5.97 Å². The number of rotatable bonds is 7. The Morgan fingerprint density at radius 1 is 1.30 bits per heavy atom. The molecule has 0 amide bonds. The first-order valence-electron chi connectivity index (χ1n) is 6.63. The van der Waals surface area contributed by atoms with Crippen LogP contribution in [0.5, 0.6) is 5.75 Å². The zero-order valence-electron chi connectivity index (χ0n) is 12.7. The maximum Gasteiger partial charge on any atom is 0.325 e. The number of anilines is 1. The van der Waals surface area contributed by atoms with Crippen molar-refractivity contribution in [2.75, 3.05) is 32.7 Å². The molecule has 0 aliphatic heterocycles. The average molecular weight is 280 g/mol. The molecule has 112 valence electrons. The van der Waals surface area contributed by atoms with E-state index in [0.717, 1.165) is 24.4 Å². The summed E-state index contributed by atoms with van der Waals surface area (Å²) in [6.07, 6.45) is 1.39. The van der Waals surface area contributed by atoms with Crippen LogP contribution < -0.4 is 15.4 Å². The summed E-state index contributed by atoms with van der Waals surface area (Å²) in [4.78, 5) is 13.6. The highest BCUT2D eigenvalue weighted by Crippen LogP contribution is 2.19. The van der Waals surface area contributed by atoms with E-state index < -0.39 is 5.54 Å². The van der Waals surface area contributed by atoms with Crippen LogP contribution in [0.4, 0.5) is 5.69 Å². The standard InChI is InChI=1S/C15H24N2O3/c1-15(16,14(18)20-4)10-5-11-17(2)12-6-8-13(19-3)9-7-12/h6-9H,5,10-11,16H2,1-4H3. The van der Waals surface area contributed by atoms with Gasteiger partial charge >= 0.3 is 5.97 Å². The monoisotopic (exact) mass is 280 g/mol. The summed E-state index contributed by atoms with van der Waals surface area (Å²) in [5.41, 5.74) is 6.10. The minimum atomic E-state index is -0.921. The van der Waals surface area contributed by atoms with Gasteiger partial charge in [0.05, 0.1) is 14.2 Å². The minimum Gasteiger partial charge on any atom is -0.497 e. The fourth-order valence-electron chi connectivity index (χ4n) is 1.98. The predicted molar refractivity (Wildman–Crippen MR) is 80.1 cm³/mol. The highest BCUT2D eigenvalue weighted by Gasteiger charge is 2.28. The second-order valence-electron chi connectivity index (χ2n) is 5.13. The number of carbonyl (C=O) groups is 1. The van der Waals surface area contributed by atoms with Gasteiger partial charge in [-0.25, -0.2) is 0 Å². The predicted octanol–water partition coefficient (Wildman–Crippen LogP) is 1.80. The smallest absolute Gasteiger partial charge is 0.325 e. The van der Waals surface area contributed by atoms with Crippen LogP contribution in [0.15, 0.2) is 24.3 Å². The summed E-state index contributed by atoms with van der Waals surface area (Å²) in [6.45, 7) is 2.52. The van der Waals surface area contributed by atoms with Gasteiger partial charge in [0.25, 0.3) is 0 Å². The molecule has 1 atom stereocenters. The third-order valence-corrected chi connectivity index (χ3v) is 3.35. The highest BCUT2D eigenvalue weighted by molar-refractivity contribution is 5.79. The van der Waals surface area contributed by atoms with E-state index in [1.807, 2.05) is 31.3 Å². The SMILES string of the molecule is COC(=O)C(C)(N)CCCN(C)c1ccc(OC)cc1. The lowest BCUT2D eigenvalue weighted by molar-refractivity contribution is -0.146. The van der Waals surface area contributed by atoms with E-state index in [2.05, 4.69) is 4.90 Å². The largest absolute Gasteiger partial charge is 0.497 e. The number of ether oxygens (including phenoxy) is 2. The molecule has 0 bridgehead atoms.